The Hall–Kier alpha value is -5.06. The number of anilines is 4. The van der Waals surface area contributed by atoms with Gasteiger partial charge in [-0.15, -0.1) is 0 Å². The van der Waals surface area contributed by atoms with Crippen LogP contribution in [0.5, 0.6) is 11.5 Å². The summed E-state index contributed by atoms with van der Waals surface area (Å²) in [7, 11) is 0. The van der Waals surface area contributed by atoms with E-state index in [1.807, 2.05) is 56.3 Å². The molecule has 0 amide bonds. The van der Waals surface area contributed by atoms with Gasteiger partial charge in [0.15, 0.2) is 23.1 Å². The number of pyridine rings is 2. The highest BCUT2D eigenvalue weighted by atomic mass is 16.6. The van der Waals surface area contributed by atoms with Crippen molar-refractivity contribution in [3.8, 4) is 11.5 Å². The molecule has 0 unspecified atom stereocenters. The van der Waals surface area contributed by atoms with Gasteiger partial charge in [0.1, 0.15) is 13.2 Å². The van der Waals surface area contributed by atoms with Crippen LogP contribution in [0.2, 0.25) is 0 Å². The van der Waals surface area contributed by atoms with E-state index in [-0.39, 0.29) is 0 Å². The number of rotatable bonds is 8. The van der Waals surface area contributed by atoms with Gasteiger partial charge in [-0.25, -0.2) is 0 Å². The van der Waals surface area contributed by atoms with Crippen molar-refractivity contribution < 1.29 is 9.47 Å². The fourth-order valence-electron chi connectivity index (χ4n) is 3.47. The summed E-state index contributed by atoms with van der Waals surface area (Å²) >= 11 is 0. The van der Waals surface area contributed by atoms with E-state index in [9.17, 15) is 0 Å². The summed E-state index contributed by atoms with van der Waals surface area (Å²) in [4.78, 5) is 17.2. The number of hydrogen-bond acceptors (Lipinski definition) is 11. The minimum absolute atomic E-state index is 0.345. The predicted molar refractivity (Wildman–Crippen MR) is 143 cm³/mol. The van der Waals surface area contributed by atoms with Crippen LogP contribution in [0.25, 0.3) is 0 Å². The first-order valence-corrected chi connectivity index (χ1v) is 11.6. The Balaban J connectivity index is 1.41. The summed E-state index contributed by atoms with van der Waals surface area (Å²) < 4.78 is 11.3. The van der Waals surface area contributed by atoms with Gasteiger partial charge < -0.3 is 14.8 Å². The second kappa shape index (κ2) is 11.1. The van der Waals surface area contributed by atoms with E-state index in [2.05, 4.69) is 46.3 Å². The van der Waals surface area contributed by atoms with Crippen LogP contribution in [0.3, 0.4) is 0 Å². The van der Waals surface area contributed by atoms with Gasteiger partial charge in [0.2, 0.25) is 5.95 Å². The van der Waals surface area contributed by atoms with Crippen molar-refractivity contribution >= 4 is 34.7 Å². The van der Waals surface area contributed by atoms with Gasteiger partial charge in [0.05, 0.1) is 11.4 Å². The normalized spacial score (nSPS) is 13.1. The van der Waals surface area contributed by atoms with Crippen LogP contribution in [0.15, 0.2) is 83.5 Å². The van der Waals surface area contributed by atoms with Crippen molar-refractivity contribution in [2.24, 2.45) is 10.2 Å². The zero-order chi connectivity index (χ0) is 25.5. The van der Waals surface area contributed by atoms with E-state index in [1.165, 1.54) is 0 Å². The zero-order valence-corrected chi connectivity index (χ0v) is 20.3. The Kier molecular flexibility index (Phi) is 7.11. The molecule has 0 saturated heterocycles. The number of hydrazone groups is 2. The molecule has 4 aromatic rings. The number of nitrogens with zero attached hydrogens (tertiary/aromatic N) is 6. The monoisotopic (exact) mass is 495 g/mol. The highest BCUT2D eigenvalue weighted by molar-refractivity contribution is 5.99. The van der Waals surface area contributed by atoms with Crippen molar-refractivity contribution in [1.82, 2.24) is 19.9 Å². The third kappa shape index (κ3) is 6.14. The molecule has 11 heteroatoms. The topological polar surface area (TPSA) is 131 Å². The Morgan fingerprint density at radius 1 is 0.703 bits per heavy atom. The molecule has 0 atom stereocenters. The first kappa shape index (κ1) is 23.7. The van der Waals surface area contributed by atoms with Crippen molar-refractivity contribution in [2.75, 3.05) is 29.4 Å². The van der Waals surface area contributed by atoms with Crippen LogP contribution in [0.1, 0.15) is 25.0 Å². The lowest BCUT2D eigenvalue weighted by atomic mass is 10.2. The molecule has 0 spiro atoms. The quantitative estimate of drug-likeness (QED) is 0.240. The van der Waals surface area contributed by atoms with Gasteiger partial charge in [0, 0.05) is 53.7 Å². The average Bonchev–Trinajstić information content (AvgIpc) is 2.95. The molecular formula is C26H25N9O2. The van der Waals surface area contributed by atoms with Gasteiger partial charge in [-0.05, 0) is 50.2 Å². The summed E-state index contributed by atoms with van der Waals surface area (Å²) in [6.45, 7) is 4.84. The molecule has 0 radical (unpaired) electrons. The molecule has 5 rings (SSSR count). The van der Waals surface area contributed by atoms with Crippen LogP contribution in [0.4, 0.5) is 23.3 Å². The Morgan fingerprint density at radius 2 is 1.24 bits per heavy atom. The number of fused-ring (bicyclic) bond motifs is 1. The number of hydrogen-bond donors (Lipinski definition) is 3. The largest absolute Gasteiger partial charge is 0.486 e. The molecule has 1 aromatic carbocycles. The second-order valence-electron chi connectivity index (χ2n) is 8.04. The smallest absolute Gasteiger partial charge is 0.231 e. The highest BCUT2D eigenvalue weighted by Crippen LogP contribution is 2.33. The summed E-state index contributed by atoms with van der Waals surface area (Å²) in [5.41, 5.74) is 10.2. The van der Waals surface area contributed by atoms with Gasteiger partial charge in [-0.2, -0.15) is 20.2 Å². The molecule has 0 aliphatic carbocycles. The van der Waals surface area contributed by atoms with Crippen LogP contribution in [0, 0.1) is 0 Å². The molecule has 4 heterocycles. The minimum Gasteiger partial charge on any atom is -0.486 e. The predicted octanol–water partition coefficient (Wildman–Crippen LogP) is 4.45. The maximum Gasteiger partial charge on any atom is 0.231 e. The molecule has 1 aliphatic heterocycles. The van der Waals surface area contributed by atoms with E-state index in [0.29, 0.717) is 42.3 Å². The van der Waals surface area contributed by atoms with Gasteiger partial charge in [0.25, 0.3) is 0 Å². The van der Waals surface area contributed by atoms with Crippen molar-refractivity contribution in [2.45, 2.75) is 13.8 Å². The summed E-state index contributed by atoms with van der Waals surface area (Å²) in [5, 5.41) is 12.2. The summed E-state index contributed by atoms with van der Waals surface area (Å²) in [6, 6.07) is 14.9. The first-order chi connectivity index (χ1) is 18.1. The lowest BCUT2D eigenvalue weighted by molar-refractivity contribution is 0.171. The third-order valence-corrected chi connectivity index (χ3v) is 5.40. The van der Waals surface area contributed by atoms with Crippen LogP contribution in [-0.4, -0.2) is 44.6 Å². The molecule has 3 N–H and O–H groups in total. The molecule has 1 aliphatic rings. The van der Waals surface area contributed by atoms with E-state index in [4.69, 9.17) is 9.47 Å². The molecule has 3 aromatic heterocycles. The second-order valence-corrected chi connectivity index (χ2v) is 8.04. The number of nitrogens with one attached hydrogen (secondary N) is 3. The van der Waals surface area contributed by atoms with E-state index in [0.717, 1.165) is 28.2 Å². The Labute approximate surface area is 213 Å². The SMILES string of the molecule is CC(=NNc1cc(NN=C(C)c2ccncc2)nc(Nc2ccc3c(c2)OCCO3)n1)c1ccncc1. The lowest BCUT2D eigenvalue weighted by Gasteiger charge is -2.19. The Bertz CT molecular complexity index is 1350. The van der Waals surface area contributed by atoms with Crippen LogP contribution < -0.4 is 25.6 Å². The maximum atomic E-state index is 5.69. The number of ether oxygens (including phenoxy) is 2. The minimum atomic E-state index is 0.345. The summed E-state index contributed by atoms with van der Waals surface area (Å²) in [5.74, 6) is 2.67. The number of aromatic nitrogens is 4. The lowest BCUT2D eigenvalue weighted by Crippen LogP contribution is -2.15. The average molecular weight is 496 g/mol. The van der Waals surface area contributed by atoms with E-state index >= 15 is 0 Å². The van der Waals surface area contributed by atoms with Crippen LogP contribution in [-0.2, 0) is 0 Å². The fourth-order valence-corrected chi connectivity index (χ4v) is 3.47. The van der Waals surface area contributed by atoms with Crippen molar-refractivity contribution in [3.63, 3.8) is 0 Å². The molecule has 11 nitrogen and oxygen atoms in total. The number of benzene rings is 1. The molecule has 37 heavy (non-hydrogen) atoms. The van der Waals surface area contributed by atoms with E-state index in [1.54, 1.807) is 30.9 Å². The van der Waals surface area contributed by atoms with Gasteiger partial charge in [-0.3, -0.25) is 20.8 Å². The first-order valence-electron chi connectivity index (χ1n) is 11.6. The summed E-state index contributed by atoms with van der Waals surface area (Å²) in [6.07, 6.45) is 6.89. The third-order valence-electron chi connectivity index (χ3n) is 5.40. The highest BCUT2D eigenvalue weighted by Gasteiger charge is 2.13. The standard InChI is InChI=1S/C26H25N9O2/c1-17(19-5-9-27-10-6-19)32-34-24-16-25(35-33-18(2)20-7-11-28-12-8-20)31-26(30-24)29-21-3-4-22-23(15-21)37-14-13-36-22/h3-12,15-16H,13-14H2,1-2H3,(H3,29,30,31,34,35). The molecule has 186 valence electrons. The fraction of sp³-hybridized carbons (Fsp3) is 0.154. The molecule has 0 bridgehead atoms. The van der Waals surface area contributed by atoms with Gasteiger partial charge in [-0.1, -0.05) is 0 Å². The maximum absolute atomic E-state index is 5.69. The van der Waals surface area contributed by atoms with E-state index < -0.39 is 0 Å². The molecular weight excluding hydrogens is 470 g/mol. The van der Waals surface area contributed by atoms with Crippen LogP contribution >= 0.6 is 0 Å². The molecule has 0 saturated carbocycles. The van der Waals surface area contributed by atoms with Gasteiger partial charge >= 0.3 is 0 Å². The van der Waals surface area contributed by atoms with Crippen molar-refractivity contribution in [1.29, 1.82) is 0 Å². The molecule has 0 fully saturated rings. The zero-order valence-electron chi connectivity index (χ0n) is 20.3. The Morgan fingerprint density at radius 3 is 1.81 bits per heavy atom. The van der Waals surface area contributed by atoms with Crippen molar-refractivity contribution in [3.05, 3.63) is 84.4 Å².